The van der Waals surface area contributed by atoms with Crippen LogP contribution >= 0.6 is 0 Å². The minimum absolute atomic E-state index is 0.312. The molecule has 1 aromatic carbocycles. The highest BCUT2D eigenvalue weighted by atomic mass is 16.5. The van der Waals surface area contributed by atoms with E-state index in [0.717, 1.165) is 0 Å². The van der Waals surface area contributed by atoms with Gasteiger partial charge in [-0.15, -0.1) is 0 Å². The highest BCUT2D eigenvalue weighted by molar-refractivity contribution is 5.66. The summed E-state index contributed by atoms with van der Waals surface area (Å²) in [5, 5.41) is 10.3. The van der Waals surface area contributed by atoms with Gasteiger partial charge in [-0.1, -0.05) is 5.16 Å². The zero-order valence-corrected chi connectivity index (χ0v) is 10.8. The number of benzene rings is 1. The lowest BCUT2D eigenvalue weighted by atomic mass is 10.2. The van der Waals surface area contributed by atoms with E-state index < -0.39 is 0 Å². The number of aromatic nitrogens is 5. The summed E-state index contributed by atoms with van der Waals surface area (Å²) in [5.74, 6) is 2.34. The van der Waals surface area contributed by atoms with E-state index in [-0.39, 0.29) is 0 Å². The second-order valence-electron chi connectivity index (χ2n) is 3.82. The van der Waals surface area contributed by atoms with Gasteiger partial charge in [0.25, 0.3) is 5.89 Å². The average molecular weight is 273 g/mol. The summed E-state index contributed by atoms with van der Waals surface area (Å²) < 4.78 is 15.7. The molecule has 3 rings (SSSR count). The van der Waals surface area contributed by atoms with E-state index in [1.807, 2.05) is 0 Å². The fourth-order valence-corrected chi connectivity index (χ4v) is 1.72. The summed E-state index contributed by atoms with van der Waals surface area (Å²) in [4.78, 5) is 8.22. The van der Waals surface area contributed by atoms with Crippen LogP contribution in [0.1, 0.15) is 0 Å². The Labute approximate surface area is 113 Å². The Bertz CT molecular complexity index is 708. The maximum absolute atomic E-state index is 5.28. The molecule has 2 aromatic heterocycles. The number of rotatable bonds is 4. The second kappa shape index (κ2) is 5.00. The quantitative estimate of drug-likeness (QED) is 0.769. The molecule has 8 heteroatoms. The second-order valence-corrected chi connectivity index (χ2v) is 3.82. The van der Waals surface area contributed by atoms with Crippen LogP contribution in [0, 0.1) is 0 Å². The lowest BCUT2D eigenvalue weighted by Crippen LogP contribution is -1.90. The van der Waals surface area contributed by atoms with Crippen molar-refractivity contribution in [2.75, 3.05) is 14.2 Å². The third-order valence-corrected chi connectivity index (χ3v) is 2.69. The van der Waals surface area contributed by atoms with Gasteiger partial charge in [0.1, 0.15) is 17.8 Å². The SMILES string of the molecule is COc1ccc(OC)c(-c2nc(-c3ncn[nH]3)no2)c1. The molecule has 0 radical (unpaired) electrons. The van der Waals surface area contributed by atoms with Crippen molar-refractivity contribution >= 4 is 0 Å². The van der Waals surface area contributed by atoms with E-state index in [0.29, 0.717) is 34.6 Å². The monoisotopic (exact) mass is 273 g/mol. The zero-order chi connectivity index (χ0) is 13.9. The van der Waals surface area contributed by atoms with Crippen LogP contribution in [0.5, 0.6) is 11.5 Å². The fraction of sp³-hybridized carbons (Fsp3) is 0.167. The van der Waals surface area contributed by atoms with E-state index in [4.69, 9.17) is 14.0 Å². The number of hydrogen-bond donors (Lipinski definition) is 1. The van der Waals surface area contributed by atoms with Gasteiger partial charge in [0.15, 0.2) is 5.82 Å². The number of hydrogen-bond acceptors (Lipinski definition) is 7. The summed E-state index contributed by atoms with van der Waals surface area (Å²) in [5.41, 5.74) is 0.644. The summed E-state index contributed by atoms with van der Waals surface area (Å²) in [6.45, 7) is 0. The maximum atomic E-state index is 5.28. The molecule has 0 saturated carbocycles. The van der Waals surface area contributed by atoms with Crippen molar-refractivity contribution in [3.8, 4) is 34.6 Å². The van der Waals surface area contributed by atoms with E-state index in [9.17, 15) is 0 Å². The molecule has 0 aliphatic heterocycles. The molecule has 8 nitrogen and oxygen atoms in total. The third kappa shape index (κ3) is 2.07. The molecular weight excluding hydrogens is 262 g/mol. The predicted molar refractivity (Wildman–Crippen MR) is 68.2 cm³/mol. The molecule has 0 amide bonds. The van der Waals surface area contributed by atoms with Crippen molar-refractivity contribution in [2.45, 2.75) is 0 Å². The normalized spacial score (nSPS) is 10.5. The summed E-state index contributed by atoms with van der Waals surface area (Å²) in [6, 6.07) is 5.32. The van der Waals surface area contributed by atoms with Crippen LogP contribution in [0.25, 0.3) is 23.1 Å². The molecule has 0 bridgehead atoms. The Morgan fingerprint density at radius 1 is 1.20 bits per heavy atom. The molecule has 3 aromatic rings. The van der Waals surface area contributed by atoms with Crippen molar-refractivity contribution in [3.05, 3.63) is 24.5 Å². The first kappa shape index (κ1) is 12.2. The van der Waals surface area contributed by atoms with Crippen molar-refractivity contribution < 1.29 is 14.0 Å². The minimum Gasteiger partial charge on any atom is -0.497 e. The van der Waals surface area contributed by atoms with Crippen molar-refractivity contribution in [3.63, 3.8) is 0 Å². The van der Waals surface area contributed by atoms with Gasteiger partial charge in [-0.2, -0.15) is 10.1 Å². The van der Waals surface area contributed by atoms with Gasteiger partial charge >= 0.3 is 0 Å². The molecule has 0 unspecified atom stereocenters. The number of aromatic amines is 1. The highest BCUT2D eigenvalue weighted by Crippen LogP contribution is 2.32. The molecule has 0 fully saturated rings. The smallest absolute Gasteiger partial charge is 0.262 e. The van der Waals surface area contributed by atoms with E-state index in [1.165, 1.54) is 6.33 Å². The Balaban J connectivity index is 2.04. The number of ether oxygens (including phenoxy) is 2. The molecule has 0 aliphatic rings. The van der Waals surface area contributed by atoms with Crippen LogP contribution in [0.2, 0.25) is 0 Å². The van der Waals surface area contributed by atoms with E-state index in [2.05, 4.69) is 25.3 Å². The number of H-pyrrole nitrogens is 1. The number of nitrogens with zero attached hydrogens (tertiary/aromatic N) is 4. The molecule has 0 saturated heterocycles. The summed E-state index contributed by atoms with van der Waals surface area (Å²) in [7, 11) is 3.15. The molecule has 102 valence electrons. The lowest BCUT2D eigenvalue weighted by Gasteiger charge is -2.06. The van der Waals surface area contributed by atoms with Crippen LogP contribution in [-0.2, 0) is 0 Å². The molecular formula is C12H11N5O3. The van der Waals surface area contributed by atoms with Gasteiger partial charge in [-0.3, -0.25) is 5.10 Å². The summed E-state index contributed by atoms with van der Waals surface area (Å²) >= 11 is 0. The zero-order valence-electron chi connectivity index (χ0n) is 10.8. The Morgan fingerprint density at radius 3 is 2.80 bits per heavy atom. The van der Waals surface area contributed by atoms with Gasteiger partial charge in [-0.05, 0) is 18.2 Å². The van der Waals surface area contributed by atoms with Crippen molar-refractivity contribution in [2.24, 2.45) is 0 Å². The third-order valence-electron chi connectivity index (χ3n) is 2.69. The predicted octanol–water partition coefficient (Wildman–Crippen LogP) is 1.54. The molecule has 2 heterocycles. The first-order chi connectivity index (χ1) is 9.81. The molecule has 0 atom stereocenters. The number of methoxy groups -OCH3 is 2. The standard InChI is InChI=1S/C12H11N5O3/c1-18-7-3-4-9(19-2)8(5-7)12-15-11(17-20-12)10-13-6-14-16-10/h3-6H,1-2H3,(H,13,14,16). The number of nitrogens with one attached hydrogen (secondary N) is 1. The lowest BCUT2D eigenvalue weighted by molar-refractivity contribution is 0.397. The van der Waals surface area contributed by atoms with Gasteiger partial charge in [0, 0.05) is 0 Å². The topological polar surface area (TPSA) is 99.0 Å². The first-order valence-electron chi connectivity index (χ1n) is 5.73. The van der Waals surface area contributed by atoms with Crippen LogP contribution in [0.4, 0.5) is 0 Å². The molecule has 1 N–H and O–H groups in total. The van der Waals surface area contributed by atoms with Crippen LogP contribution in [-0.4, -0.2) is 39.5 Å². The largest absolute Gasteiger partial charge is 0.497 e. The van der Waals surface area contributed by atoms with Crippen molar-refractivity contribution in [1.82, 2.24) is 25.3 Å². The molecule has 20 heavy (non-hydrogen) atoms. The highest BCUT2D eigenvalue weighted by Gasteiger charge is 2.17. The van der Waals surface area contributed by atoms with Gasteiger partial charge in [-0.25, -0.2) is 4.98 Å². The Morgan fingerprint density at radius 2 is 2.10 bits per heavy atom. The van der Waals surface area contributed by atoms with Crippen LogP contribution < -0.4 is 9.47 Å². The van der Waals surface area contributed by atoms with Crippen LogP contribution in [0.15, 0.2) is 29.0 Å². The Kier molecular flexibility index (Phi) is 3.04. The van der Waals surface area contributed by atoms with Gasteiger partial charge in [0.05, 0.1) is 19.8 Å². The van der Waals surface area contributed by atoms with E-state index >= 15 is 0 Å². The molecule has 0 spiro atoms. The maximum Gasteiger partial charge on any atom is 0.262 e. The van der Waals surface area contributed by atoms with Crippen molar-refractivity contribution in [1.29, 1.82) is 0 Å². The summed E-state index contributed by atoms with van der Waals surface area (Å²) in [6.07, 6.45) is 1.37. The van der Waals surface area contributed by atoms with Gasteiger partial charge in [0.2, 0.25) is 5.82 Å². The first-order valence-corrected chi connectivity index (χ1v) is 5.73. The fourth-order valence-electron chi connectivity index (χ4n) is 1.72. The van der Waals surface area contributed by atoms with E-state index in [1.54, 1.807) is 32.4 Å². The Hall–Kier alpha value is -2.90. The molecule has 0 aliphatic carbocycles. The van der Waals surface area contributed by atoms with Crippen LogP contribution in [0.3, 0.4) is 0 Å². The minimum atomic E-state index is 0.312. The average Bonchev–Trinajstić information content (AvgIpc) is 3.17. The van der Waals surface area contributed by atoms with Gasteiger partial charge < -0.3 is 14.0 Å².